The summed E-state index contributed by atoms with van der Waals surface area (Å²) in [6.45, 7) is 1.32. The van der Waals surface area contributed by atoms with Crippen molar-refractivity contribution in [3.8, 4) is 5.75 Å². The Balaban J connectivity index is 1.93. The van der Waals surface area contributed by atoms with Gasteiger partial charge in [0.25, 0.3) is 5.91 Å². The molecule has 0 heterocycles. The number of benzene rings is 2. The molecule has 2 aromatic carbocycles. The summed E-state index contributed by atoms with van der Waals surface area (Å²) in [6, 6.07) is 9.03. The number of carbonyl (C=O) groups excluding carboxylic acids is 2. The van der Waals surface area contributed by atoms with Crippen LogP contribution in [0.2, 0.25) is 0 Å². The Bertz CT molecular complexity index is 773. The number of rotatable bonds is 5. The summed E-state index contributed by atoms with van der Waals surface area (Å²) in [5.41, 5.74) is 0.258. The van der Waals surface area contributed by atoms with Crippen LogP contribution in [0.4, 0.5) is 23.2 Å². The molecule has 2 rings (SSSR count). The minimum Gasteiger partial charge on any atom is -0.449 e. The number of ether oxygens (including phenoxy) is 2. The molecule has 1 atom stereocenters. The normalized spacial score (nSPS) is 12.2. The number of halogens is 4. The first kappa shape index (κ1) is 19.2. The minimum absolute atomic E-state index is 0.0547. The summed E-state index contributed by atoms with van der Waals surface area (Å²) < 4.78 is 57.7. The SMILES string of the molecule is C[C@@H](OC(=O)c1ccc(OC(F)(F)F)cc1)C(=O)Nc1ccc(F)cc1. The molecule has 0 unspecified atom stereocenters. The fourth-order valence-corrected chi connectivity index (χ4v) is 1.85. The molecule has 9 heteroatoms. The van der Waals surface area contributed by atoms with Crippen molar-refractivity contribution in [3.05, 3.63) is 59.9 Å². The van der Waals surface area contributed by atoms with Crippen molar-refractivity contribution in [2.75, 3.05) is 5.32 Å². The highest BCUT2D eigenvalue weighted by atomic mass is 19.4. The highest BCUT2D eigenvalue weighted by molar-refractivity contribution is 5.97. The molecule has 5 nitrogen and oxygen atoms in total. The molecular weight excluding hydrogens is 358 g/mol. The molecule has 2 aromatic rings. The predicted molar refractivity (Wildman–Crippen MR) is 83.0 cm³/mol. The van der Waals surface area contributed by atoms with Crippen LogP contribution in [0.3, 0.4) is 0 Å². The molecule has 1 N–H and O–H groups in total. The summed E-state index contributed by atoms with van der Waals surface area (Å²) in [6.07, 6.45) is -6.02. The van der Waals surface area contributed by atoms with E-state index in [1.54, 1.807) is 0 Å². The molecule has 1 amide bonds. The maximum Gasteiger partial charge on any atom is 0.573 e. The number of anilines is 1. The van der Waals surface area contributed by atoms with Crippen LogP contribution in [-0.4, -0.2) is 24.3 Å². The van der Waals surface area contributed by atoms with Crippen LogP contribution < -0.4 is 10.1 Å². The van der Waals surface area contributed by atoms with Crippen LogP contribution in [0.1, 0.15) is 17.3 Å². The van der Waals surface area contributed by atoms with Crippen molar-refractivity contribution >= 4 is 17.6 Å². The number of amides is 1. The van der Waals surface area contributed by atoms with Gasteiger partial charge in [-0.3, -0.25) is 4.79 Å². The second-order valence-electron chi connectivity index (χ2n) is 5.12. The lowest BCUT2D eigenvalue weighted by molar-refractivity contribution is -0.274. The number of hydrogen-bond acceptors (Lipinski definition) is 4. The first-order valence-electron chi connectivity index (χ1n) is 7.27. The zero-order valence-corrected chi connectivity index (χ0v) is 13.3. The second-order valence-corrected chi connectivity index (χ2v) is 5.12. The standard InChI is InChI=1S/C17H13F4NO4/c1-10(15(23)22-13-6-4-12(18)5-7-13)25-16(24)11-2-8-14(9-3-11)26-17(19,20)21/h2-10H,1H3,(H,22,23)/t10-/m1/s1. The van der Waals surface area contributed by atoms with Crippen LogP contribution in [0.15, 0.2) is 48.5 Å². The second kappa shape index (κ2) is 7.85. The summed E-state index contributed by atoms with van der Waals surface area (Å²) in [7, 11) is 0. The lowest BCUT2D eigenvalue weighted by Crippen LogP contribution is -2.30. The summed E-state index contributed by atoms with van der Waals surface area (Å²) in [4.78, 5) is 23.9. The largest absolute Gasteiger partial charge is 0.573 e. The molecule has 0 fully saturated rings. The molecule has 138 valence electrons. The third kappa shape index (κ3) is 5.76. The Hall–Kier alpha value is -3.10. The number of hydrogen-bond donors (Lipinski definition) is 1. The van der Waals surface area contributed by atoms with E-state index < -0.39 is 35.9 Å². The van der Waals surface area contributed by atoms with Crippen LogP contribution >= 0.6 is 0 Å². The van der Waals surface area contributed by atoms with E-state index in [-0.39, 0.29) is 5.56 Å². The van der Waals surface area contributed by atoms with Crippen LogP contribution in [0.5, 0.6) is 5.75 Å². The number of carbonyl (C=O) groups is 2. The maximum absolute atomic E-state index is 12.8. The molecule has 0 aromatic heterocycles. The van der Waals surface area contributed by atoms with E-state index in [4.69, 9.17) is 4.74 Å². The molecule has 0 saturated heterocycles. The van der Waals surface area contributed by atoms with E-state index in [1.807, 2.05) is 0 Å². The molecule has 0 aliphatic rings. The van der Waals surface area contributed by atoms with Gasteiger partial charge in [-0.25, -0.2) is 9.18 Å². The summed E-state index contributed by atoms with van der Waals surface area (Å²) in [5.74, 6) is -2.51. The quantitative estimate of drug-likeness (QED) is 0.639. The molecule has 0 aliphatic carbocycles. The van der Waals surface area contributed by atoms with Crippen LogP contribution in [-0.2, 0) is 9.53 Å². The highest BCUT2D eigenvalue weighted by Crippen LogP contribution is 2.23. The minimum atomic E-state index is -4.84. The molecule has 0 aliphatic heterocycles. The average Bonchev–Trinajstić information content (AvgIpc) is 2.56. The van der Waals surface area contributed by atoms with Crippen molar-refractivity contribution in [1.29, 1.82) is 0 Å². The van der Waals surface area contributed by atoms with Gasteiger partial charge in [0.1, 0.15) is 11.6 Å². The molecular formula is C17H13F4NO4. The summed E-state index contributed by atoms with van der Waals surface area (Å²) >= 11 is 0. The predicted octanol–water partition coefficient (Wildman–Crippen LogP) is 3.91. The van der Waals surface area contributed by atoms with Gasteiger partial charge in [-0.1, -0.05) is 0 Å². The zero-order chi connectivity index (χ0) is 19.3. The Labute approximate surface area is 145 Å². The number of esters is 1. The van der Waals surface area contributed by atoms with Crippen molar-refractivity contribution in [3.63, 3.8) is 0 Å². The van der Waals surface area contributed by atoms with Gasteiger partial charge in [0, 0.05) is 5.69 Å². The summed E-state index contributed by atoms with van der Waals surface area (Å²) in [5, 5.41) is 2.43. The molecule has 26 heavy (non-hydrogen) atoms. The Morgan fingerprint density at radius 1 is 1.00 bits per heavy atom. The Morgan fingerprint density at radius 2 is 1.58 bits per heavy atom. The van der Waals surface area contributed by atoms with E-state index in [2.05, 4.69) is 10.1 Å². The van der Waals surface area contributed by atoms with E-state index in [1.165, 1.54) is 19.1 Å². The Kier molecular flexibility index (Phi) is 5.81. The molecule has 0 radical (unpaired) electrons. The van der Waals surface area contributed by atoms with E-state index in [0.29, 0.717) is 5.69 Å². The van der Waals surface area contributed by atoms with Gasteiger partial charge in [0.15, 0.2) is 6.10 Å². The topological polar surface area (TPSA) is 64.6 Å². The number of nitrogens with one attached hydrogen (secondary N) is 1. The van der Waals surface area contributed by atoms with Gasteiger partial charge < -0.3 is 14.8 Å². The number of alkyl halides is 3. The van der Waals surface area contributed by atoms with Crippen molar-refractivity contribution in [1.82, 2.24) is 0 Å². The fraction of sp³-hybridized carbons (Fsp3) is 0.176. The van der Waals surface area contributed by atoms with Gasteiger partial charge in [0.2, 0.25) is 0 Å². The Morgan fingerprint density at radius 3 is 2.12 bits per heavy atom. The van der Waals surface area contributed by atoms with Gasteiger partial charge in [-0.05, 0) is 55.5 Å². The van der Waals surface area contributed by atoms with Gasteiger partial charge >= 0.3 is 12.3 Å². The molecule has 0 spiro atoms. The monoisotopic (exact) mass is 371 g/mol. The first-order valence-corrected chi connectivity index (χ1v) is 7.27. The maximum atomic E-state index is 12.8. The van der Waals surface area contributed by atoms with Crippen molar-refractivity contribution in [2.24, 2.45) is 0 Å². The average molecular weight is 371 g/mol. The van der Waals surface area contributed by atoms with E-state index >= 15 is 0 Å². The van der Waals surface area contributed by atoms with Crippen LogP contribution in [0, 0.1) is 5.82 Å². The third-order valence-electron chi connectivity index (χ3n) is 3.09. The fourth-order valence-electron chi connectivity index (χ4n) is 1.85. The van der Waals surface area contributed by atoms with Crippen molar-refractivity contribution < 1.29 is 36.6 Å². The third-order valence-corrected chi connectivity index (χ3v) is 3.09. The van der Waals surface area contributed by atoms with Crippen molar-refractivity contribution in [2.45, 2.75) is 19.4 Å². The van der Waals surface area contributed by atoms with Gasteiger partial charge in [-0.2, -0.15) is 0 Å². The molecule has 0 bridgehead atoms. The smallest absolute Gasteiger partial charge is 0.449 e. The molecule has 0 saturated carbocycles. The lowest BCUT2D eigenvalue weighted by Gasteiger charge is -2.14. The van der Waals surface area contributed by atoms with E-state index in [9.17, 15) is 27.2 Å². The van der Waals surface area contributed by atoms with E-state index in [0.717, 1.165) is 36.4 Å². The lowest BCUT2D eigenvalue weighted by atomic mass is 10.2. The highest BCUT2D eigenvalue weighted by Gasteiger charge is 2.31. The zero-order valence-electron chi connectivity index (χ0n) is 13.3. The van der Waals surface area contributed by atoms with Gasteiger partial charge in [0.05, 0.1) is 5.56 Å². The first-order chi connectivity index (χ1) is 12.1. The van der Waals surface area contributed by atoms with Gasteiger partial charge in [-0.15, -0.1) is 13.2 Å². The van der Waals surface area contributed by atoms with Crippen LogP contribution in [0.25, 0.3) is 0 Å².